The van der Waals surface area contributed by atoms with Gasteiger partial charge in [-0.25, -0.2) is 4.98 Å². The summed E-state index contributed by atoms with van der Waals surface area (Å²) in [5.74, 6) is 2.47. The second-order valence-corrected chi connectivity index (χ2v) is 9.37. The molecule has 2 aromatic rings. The summed E-state index contributed by atoms with van der Waals surface area (Å²) in [5, 5.41) is 15.9. The normalized spacial score (nSPS) is 16.6. The number of carbonyl (C=O) groups is 1. The minimum atomic E-state index is -0.300. The highest BCUT2D eigenvalue weighted by atomic mass is 16.5. The highest BCUT2D eigenvalue weighted by Crippen LogP contribution is 2.29. The van der Waals surface area contributed by atoms with E-state index in [4.69, 9.17) is 14.4 Å². The molecule has 1 saturated heterocycles. The summed E-state index contributed by atoms with van der Waals surface area (Å²) in [6.07, 6.45) is 3.13. The summed E-state index contributed by atoms with van der Waals surface area (Å²) < 4.78 is 11.3. The lowest BCUT2D eigenvalue weighted by molar-refractivity contribution is 0.0921. The molecule has 1 amide bonds. The highest BCUT2D eigenvalue weighted by molar-refractivity contribution is 5.95. The zero-order valence-corrected chi connectivity index (χ0v) is 20.4. The molecule has 1 fully saturated rings. The van der Waals surface area contributed by atoms with Crippen LogP contribution in [-0.4, -0.2) is 58.5 Å². The Hall–Kier alpha value is -2.68. The molecule has 2 unspecified atom stereocenters. The van der Waals surface area contributed by atoms with Crippen molar-refractivity contribution in [2.24, 2.45) is 11.8 Å². The number of ether oxygens (including phenoxy) is 1. The molecule has 0 radical (unpaired) electrons. The zero-order valence-electron chi connectivity index (χ0n) is 20.4. The molecule has 0 aromatic carbocycles. The Kier molecular flexibility index (Phi) is 8.66. The van der Waals surface area contributed by atoms with Crippen LogP contribution in [0.3, 0.4) is 0 Å². The van der Waals surface area contributed by atoms with Gasteiger partial charge in [0.2, 0.25) is 5.88 Å². The number of carbonyl (C=O) groups excluding carboxylic acids is 1. The number of aliphatic hydroxyl groups excluding tert-OH is 1. The highest BCUT2D eigenvalue weighted by Gasteiger charge is 2.27. The van der Waals surface area contributed by atoms with Gasteiger partial charge < -0.3 is 24.6 Å². The molecule has 0 saturated carbocycles. The van der Waals surface area contributed by atoms with Crippen molar-refractivity contribution in [3.63, 3.8) is 0 Å². The Morgan fingerprint density at radius 2 is 1.97 bits per heavy atom. The minimum absolute atomic E-state index is 0.105. The van der Waals surface area contributed by atoms with Crippen LogP contribution in [0, 0.1) is 18.8 Å². The number of aromatic nitrogens is 3. The van der Waals surface area contributed by atoms with Crippen LogP contribution >= 0.6 is 0 Å². The van der Waals surface area contributed by atoms with Gasteiger partial charge in [-0.3, -0.25) is 4.79 Å². The van der Waals surface area contributed by atoms with Gasteiger partial charge in [-0.2, -0.15) is 4.98 Å². The van der Waals surface area contributed by atoms with E-state index in [1.54, 1.807) is 26.0 Å². The Morgan fingerprint density at radius 1 is 1.24 bits per heavy atom. The lowest BCUT2D eigenvalue weighted by atomic mass is 9.84. The molecule has 0 bridgehead atoms. The number of piperidine rings is 1. The van der Waals surface area contributed by atoms with Gasteiger partial charge in [-0.1, -0.05) is 25.9 Å². The molecule has 33 heavy (non-hydrogen) atoms. The predicted octanol–water partition coefficient (Wildman–Crippen LogP) is 3.33. The van der Waals surface area contributed by atoms with Crippen molar-refractivity contribution in [3.05, 3.63) is 29.2 Å². The van der Waals surface area contributed by atoms with Crippen molar-refractivity contribution in [2.45, 2.75) is 65.8 Å². The van der Waals surface area contributed by atoms with Gasteiger partial charge in [0.15, 0.2) is 5.82 Å². The van der Waals surface area contributed by atoms with Crippen LogP contribution in [0.5, 0.6) is 5.88 Å². The Balaban J connectivity index is 1.42. The maximum Gasteiger partial charge on any atom is 0.324 e. The van der Waals surface area contributed by atoms with E-state index in [9.17, 15) is 4.79 Å². The van der Waals surface area contributed by atoms with Gasteiger partial charge >= 0.3 is 6.01 Å². The van der Waals surface area contributed by atoms with E-state index in [1.165, 1.54) is 0 Å². The number of aryl methyl sites for hydroxylation is 1. The number of aliphatic hydroxyl groups is 1. The molecule has 2 N–H and O–H groups in total. The molecule has 0 aliphatic carbocycles. The molecule has 9 nitrogen and oxygen atoms in total. The number of hydrogen-bond donors (Lipinski definition) is 2. The van der Waals surface area contributed by atoms with E-state index in [0.717, 1.165) is 38.2 Å². The first-order valence-corrected chi connectivity index (χ1v) is 11.9. The van der Waals surface area contributed by atoms with Crippen LogP contribution in [0.1, 0.15) is 74.8 Å². The number of anilines is 1. The van der Waals surface area contributed by atoms with Gasteiger partial charge in [-0.05, 0) is 51.0 Å². The Labute approximate surface area is 195 Å². The molecular formula is C24H37N5O4. The zero-order chi connectivity index (χ0) is 24.0. The smallest absolute Gasteiger partial charge is 0.324 e. The first-order chi connectivity index (χ1) is 15.8. The topological polar surface area (TPSA) is 114 Å². The molecule has 2 atom stereocenters. The first-order valence-electron chi connectivity index (χ1n) is 11.9. The summed E-state index contributed by atoms with van der Waals surface area (Å²) in [7, 11) is 0. The summed E-state index contributed by atoms with van der Waals surface area (Å²) in [4.78, 5) is 23.4. The van der Waals surface area contributed by atoms with Gasteiger partial charge in [-0.15, -0.1) is 0 Å². The largest absolute Gasteiger partial charge is 0.478 e. The third-order valence-corrected chi connectivity index (χ3v) is 6.34. The van der Waals surface area contributed by atoms with E-state index in [2.05, 4.69) is 46.1 Å². The van der Waals surface area contributed by atoms with Crippen molar-refractivity contribution >= 4 is 11.9 Å². The van der Waals surface area contributed by atoms with Gasteiger partial charge in [0.1, 0.15) is 0 Å². The van der Waals surface area contributed by atoms with Gasteiger partial charge in [0.25, 0.3) is 5.91 Å². The van der Waals surface area contributed by atoms with E-state index >= 15 is 0 Å². The number of nitrogens with zero attached hydrogens (tertiary/aromatic N) is 4. The molecule has 3 rings (SSSR count). The van der Waals surface area contributed by atoms with E-state index in [-0.39, 0.29) is 24.5 Å². The summed E-state index contributed by atoms with van der Waals surface area (Å²) in [6.45, 7) is 12.3. The Bertz CT molecular complexity index is 908. The molecule has 2 aromatic heterocycles. The molecule has 0 spiro atoms. The van der Waals surface area contributed by atoms with E-state index in [1.807, 2.05) is 0 Å². The van der Waals surface area contributed by atoms with E-state index < -0.39 is 0 Å². The van der Waals surface area contributed by atoms with Gasteiger partial charge in [0, 0.05) is 31.1 Å². The fraction of sp³-hybridized carbons (Fsp3) is 0.667. The number of hydrogen-bond acceptors (Lipinski definition) is 8. The van der Waals surface area contributed by atoms with Crippen LogP contribution in [-0.2, 0) is 0 Å². The lowest BCUT2D eigenvalue weighted by Gasteiger charge is -2.33. The maximum atomic E-state index is 12.2. The van der Waals surface area contributed by atoms with Crippen molar-refractivity contribution in [1.82, 2.24) is 20.4 Å². The van der Waals surface area contributed by atoms with Crippen molar-refractivity contribution in [1.29, 1.82) is 0 Å². The standard InChI is InChI=1S/C24H37N5O4/c1-15(2)22-27-24(33-28-22)29-11-8-19(9-12-29)16(3)10-13-32-21-7-6-20(18(5)26-21)23(31)25-17(4)14-30/h6-7,15-17,19,30H,8-14H2,1-5H3,(H,25,31). The number of amides is 1. The van der Waals surface area contributed by atoms with E-state index in [0.29, 0.717) is 41.6 Å². The monoisotopic (exact) mass is 459 g/mol. The second kappa shape index (κ2) is 11.4. The SMILES string of the molecule is Cc1nc(OCCC(C)C2CCN(c3nc(C(C)C)no3)CC2)ccc1C(=O)NC(C)CO. The number of nitrogens with one attached hydrogen (secondary N) is 1. The fourth-order valence-electron chi connectivity index (χ4n) is 4.04. The molecule has 9 heteroatoms. The molecule has 1 aliphatic rings. The molecule has 3 heterocycles. The predicted molar refractivity (Wildman–Crippen MR) is 126 cm³/mol. The van der Waals surface area contributed by atoms with Crippen LogP contribution in [0.2, 0.25) is 0 Å². The second-order valence-electron chi connectivity index (χ2n) is 9.37. The third-order valence-electron chi connectivity index (χ3n) is 6.34. The minimum Gasteiger partial charge on any atom is -0.478 e. The van der Waals surface area contributed by atoms with Crippen molar-refractivity contribution in [2.75, 3.05) is 31.2 Å². The van der Waals surface area contributed by atoms with Crippen LogP contribution in [0.15, 0.2) is 16.7 Å². The average molecular weight is 460 g/mol. The van der Waals surface area contributed by atoms with Crippen LogP contribution < -0.4 is 15.0 Å². The summed E-state index contributed by atoms with van der Waals surface area (Å²) in [5.41, 5.74) is 1.10. The average Bonchev–Trinajstić information content (AvgIpc) is 3.30. The Morgan fingerprint density at radius 3 is 2.58 bits per heavy atom. The third kappa shape index (κ3) is 6.66. The summed E-state index contributed by atoms with van der Waals surface area (Å²) >= 11 is 0. The fourth-order valence-corrected chi connectivity index (χ4v) is 4.04. The van der Waals surface area contributed by atoms with Crippen molar-refractivity contribution < 1.29 is 19.2 Å². The molecule has 182 valence electrons. The number of pyridine rings is 1. The quantitative estimate of drug-likeness (QED) is 0.556. The lowest BCUT2D eigenvalue weighted by Crippen LogP contribution is -2.36. The first kappa shape index (κ1) is 25.0. The van der Waals surface area contributed by atoms with Crippen LogP contribution in [0.4, 0.5) is 6.01 Å². The maximum absolute atomic E-state index is 12.2. The van der Waals surface area contributed by atoms with Crippen molar-refractivity contribution in [3.8, 4) is 5.88 Å². The van der Waals surface area contributed by atoms with Crippen LogP contribution in [0.25, 0.3) is 0 Å². The molecule has 1 aliphatic heterocycles. The summed E-state index contributed by atoms with van der Waals surface area (Å²) in [6, 6.07) is 3.78. The molecular weight excluding hydrogens is 422 g/mol. The van der Waals surface area contributed by atoms with Gasteiger partial charge in [0.05, 0.1) is 24.5 Å². The number of rotatable bonds is 10.